The predicted octanol–water partition coefficient (Wildman–Crippen LogP) is 5.27. The zero-order valence-corrected chi connectivity index (χ0v) is 14.5. The van der Waals surface area contributed by atoms with Gasteiger partial charge >= 0.3 is 0 Å². The van der Waals surface area contributed by atoms with Crippen LogP contribution in [-0.2, 0) is 4.79 Å². The second kappa shape index (κ2) is 5.83. The Morgan fingerprint density at radius 3 is 2.38 bits per heavy atom. The number of nitrogens with one attached hydrogen (secondary N) is 2. The van der Waals surface area contributed by atoms with Crippen LogP contribution in [0.3, 0.4) is 0 Å². The van der Waals surface area contributed by atoms with Crippen molar-refractivity contribution in [3.63, 3.8) is 0 Å². The molecule has 1 aliphatic rings. The zero-order chi connectivity index (χ0) is 15.0. The summed E-state index contributed by atoms with van der Waals surface area (Å²) in [6.07, 6.45) is 1.79. The van der Waals surface area contributed by atoms with Crippen LogP contribution in [0.1, 0.15) is 5.56 Å². The molecule has 106 valence electrons. The van der Waals surface area contributed by atoms with Gasteiger partial charge in [-0.15, -0.1) is 0 Å². The first-order valence-electron chi connectivity index (χ1n) is 6.07. The maximum atomic E-state index is 12.1. The van der Waals surface area contributed by atoms with Crippen molar-refractivity contribution in [1.29, 1.82) is 0 Å². The predicted molar refractivity (Wildman–Crippen MR) is 93.5 cm³/mol. The van der Waals surface area contributed by atoms with Crippen LogP contribution < -0.4 is 10.6 Å². The van der Waals surface area contributed by atoms with E-state index < -0.39 is 0 Å². The minimum atomic E-state index is -0.180. The quantitative estimate of drug-likeness (QED) is 0.608. The second-order valence-corrected chi connectivity index (χ2v) is 6.80. The molecule has 1 heterocycles. The molecular weight excluding hydrogens is 419 g/mol. The first kappa shape index (κ1) is 14.6. The van der Waals surface area contributed by atoms with Gasteiger partial charge in [0.2, 0.25) is 0 Å². The maximum Gasteiger partial charge on any atom is 0.272 e. The number of hydrogen-bond donors (Lipinski definition) is 2. The summed E-state index contributed by atoms with van der Waals surface area (Å²) < 4.78 is 1.87. The van der Waals surface area contributed by atoms with Gasteiger partial charge in [0.05, 0.1) is 11.4 Å². The van der Waals surface area contributed by atoms with Gasteiger partial charge in [-0.05, 0) is 48.0 Å². The van der Waals surface area contributed by atoms with E-state index in [0.717, 1.165) is 25.9 Å². The van der Waals surface area contributed by atoms with Gasteiger partial charge in [-0.3, -0.25) is 4.79 Å². The third-order valence-corrected chi connectivity index (χ3v) is 4.09. The monoisotopic (exact) mass is 426 g/mol. The topological polar surface area (TPSA) is 41.1 Å². The molecule has 0 fully saturated rings. The van der Waals surface area contributed by atoms with Crippen molar-refractivity contribution in [1.82, 2.24) is 0 Å². The third-order valence-electron chi connectivity index (χ3n) is 2.94. The molecule has 3 nitrogen and oxygen atoms in total. The number of carbonyl (C=O) groups excluding carboxylic acids is 1. The smallest absolute Gasteiger partial charge is 0.272 e. The number of halogens is 3. The molecule has 0 aliphatic carbocycles. The molecule has 0 spiro atoms. The Balaban J connectivity index is 1.99. The molecule has 0 aromatic heterocycles. The standard InChI is InChI=1S/C15H9Br2ClN2O/c16-9-3-8(4-10(17)6-9)5-14-15(21)20-12-2-1-11(18)7-13(12)19-14/h1-7,19H,(H,20,21). The molecule has 0 saturated heterocycles. The van der Waals surface area contributed by atoms with Gasteiger partial charge in [-0.1, -0.05) is 43.5 Å². The van der Waals surface area contributed by atoms with Gasteiger partial charge < -0.3 is 10.6 Å². The highest BCUT2D eigenvalue weighted by Gasteiger charge is 2.19. The molecule has 6 heteroatoms. The Hall–Kier alpha value is -1.30. The van der Waals surface area contributed by atoms with Gasteiger partial charge in [-0.2, -0.15) is 0 Å². The van der Waals surface area contributed by atoms with Gasteiger partial charge in [0.15, 0.2) is 0 Å². The van der Waals surface area contributed by atoms with E-state index in [1.807, 2.05) is 18.2 Å². The van der Waals surface area contributed by atoms with Crippen molar-refractivity contribution in [3.8, 4) is 0 Å². The molecule has 0 saturated carbocycles. The van der Waals surface area contributed by atoms with Crippen LogP contribution in [0.4, 0.5) is 11.4 Å². The number of fused-ring (bicyclic) bond motifs is 1. The van der Waals surface area contributed by atoms with E-state index in [1.165, 1.54) is 0 Å². The normalized spacial score (nSPS) is 15.4. The lowest BCUT2D eigenvalue weighted by molar-refractivity contribution is -0.112. The minimum absolute atomic E-state index is 0.180. The Labute approximate surface area is 143 Å². The molecular formula is C15H9Br2ClN2O. The molecule has 0 bridgehead atoms. The third kappa shape index (κ3) is 3.31. The van der Waals surface area contributed by atoms with Crippen molar-refractivity contribution in [2.45, 2.75) is 0 Å². The Morgan fingerprint density at radius 1 is 0.952 bits per heavy atom. The molecule has 3 rings (SSSR count). The number of amides is 1. The van der Waals surface area contributed by atoms with Crippen molar-refractivity contribution < 1.29 is 4.79 Å². The van der Waals surface area contributed by atoms with Crippen LogP contribution >= 0.6 is 43.5 Å². The van der Waals surface area contributed by atoms with E-state index in [4.69, 9.17) is 11.6 Å². The fourth-order valence-corrected chi connectivity index (χ4v) is 3.55. The molecule has 1 aliphatic heterocycles. The van der Waals surface area contributed by atoms with Gasteiger partial charge in [0.1, 0.15) is 5.70 Å². The SMILES string of the molecule is O=C1Nc2ccc(Cl)cc2NC1=Cc1cc(Br)cc(Br)c1. The number of hydrogen-bond acceptors (Lipinski definition) is 2. The first-order chi connectivity index (χ1) is 10.0. The summed E-state index contributed by atoms with van der Waals surface area (Å²) in [6, 6.07) is 11.1. The summed E-state index contributed by atoms with van der Waals surface area (Å²) in [5.41, 5.74) is 2.87. The van der Waals surface area contributed by atoms with E-state index >= 15 is 0 Å². The van der Waals surface area contributed by atoms with Crippen LogP contribution in [0, 0.1) is 0 Å². The summed E-state index contributed by atoms with van der Waals surface area (Å²) in [4.78, 5) is 12.1. The number of carbonyl (C=O) groups is 1. The Bertz CT molecular complexity index is 754. The largest absolute Gasteiger partial charge is 0.349 e. The van der Waals surface area contributed by atoms with Crippen molar-refractivity contribution in [3.05, 3.63) is 61.6 Å². The van der Waals surface area contributed by atoms with Crippen LogP contribution in [0.25, 0.3) is 6.08 Å². The molecule has 2 aromatic rings. The highest BCUT2D eigenvalue weighted by Crippen LogP contribution is 2.31. The summed E-state index contributed by atoms with van der Waals surface area (Å²) >= 11 is 12.8. The maximum absolute atomic E-state index is 12.1. The van der Waals surface area contributed by atoms with Crippen LogP contribution in [0.2, 0.25) is 5.02 Å². The molecule has 0 radical (unpaired) electrons. The highest BCUT2D eigenvalue weighted by molar-refractivity contribution is 9.11. The van der Waals surface area contributed by atoms with Gasteiger partial charge in [0, 0.05) is 14.0 Å². The van der Waals surface area contributed by atoms with Crippen molar-refractivity contribution >= 4 is 66.8 Å². The Morgan fingerprint density at radius 2 is 1.67 bits per heavy atom. The molecule has 2 N–H and O–H groups in total. The molecule has 0 unspecified atom stereocenters. The first-order valence-corrected chi connectivity index (χ1v) is 8.03. The number of benzene rings is 2. The molecule has 1 amide bonds. The van der Waals surface area contributed by atoms with E-state index in [-0.39, 0.29) is 5.91 Å². The van der Waals surface area contributed by atoms with E-state index in [9.17, 15) is 4.79 Å². The lowest BCUT2D eigenvalue weighted by Gasteiger charge is -2.21. The lowest BCUT2D eigenvalue weighted by Crippen LogP contribution is -2.25. The van der Waals surface area contributed by atoms with Gasteiger partial charge in [0.25, 0.3) is 5.91 Å². The summed E-state index contributed by atoms with van der Waals surface area (Å²) in [7, 11) is 0. The summed E-state index contributed by atoms with van der Waals surface area (Å²) in [5, 5.41) is 6.56. The average Bonchev–Trinajstić information content (AvgIpc) is 2.39. The van der Waals surface area contributed by atoms with E-state index in [1.54, 1.807) is 24.3 Å². The Kier molecular flexibility index (Phi) is 4.06. The van der Waals surface area contributed by atoms with Gasteiger partial charge in [-0.25, -0.2) is 0 Å². The minimum Gasteiger partial charge on any atom is -0.349 e. The van der Waals surface area contributed by atoms with Crippen LogP contribution in [-0.4, -0.2) is 5.91 Å². The molecule has 2 aromatic carbocycles. The average molecular weight is 429 g/mol. The van der Waals surface area contributed by atoms with Crippen molar-refractivity contribution in [2.24, 2.45) is 0 Å². The lowest BCUT2D eigenvalue weighted by atomic mass is 10.1. The fraction of sp³-hybridized carbons (Fsp3) is 0. The highest BCUT2D eigenvalue weighted by atomic mass is 79.9. The number of rotatable bonds is 1. The summed E-state index contributed by atoms with van der Waals surface area (Å²) in [5.74, 6) is -0.180. The second-order valence-electron chi connectivity index (χ2n) is 4.53. The van der Waals surface area contributed by atoms with Crippen LogP contribution in [0.5, 0.6) is 0 Å². The number of anilines is 2. The van der Waals surface area contributed by atoms with E-state index in [2.05, 4.69) is 42.5 Å². The van der Waals surface area contributed by atoms with Crippen molar-refractivity contribution in [2.75, 3.05) is 10.6 Å². The van der Waals surface area contributed by atoms with E-state index in [0.29, 0.717) is 10.7 Å². The zero-order valence-electron chi connectivity index (χ0n) is 10.6. The summed E-state index contributed by atoms with van der Waals surface area (Å²) in [6.45, 7) is 0. The molecule has 0 atom stereocenters. The molecule has 21 heavy (non-hydrogen) atoms. The van der Waals surface area contributed by atoms with Crippen LogP contribution in [0.15, 0.2) is 51.0 Å². The fourth-order valence-electron chi connectivity index (χ4n) is 2.05.